The van der Waals surface area contributed by atoms with Gasteiger partial charge in [0.05, 0.1) is 6.61 Å². The molecule has 44 heavy (non-hydrogen) atoms. The van der Waals surface area contributed by atoms with Gasteiger partial charge in [-0.25, -0.2) is 4.79 Å². The van der Waals surface area contributed by atoms with Crippen molar-refractivity contribution >= 4 is 29.5 Å². The van der Waals surface area contributed by atoms with Crippen LogP contribution in [0.2, 0.25) is 0 Å². The van der Waals surface area contributed by atoms with E-state index < -0.39 is 4.08 Å². The Hall–Kier alpha value is -1.83. The number of unbranched alkanes of at least 4 members (excludes halogenated alkanes) is 3. The number of phenols is 2. The van der Waals surface area contributed by atoms with Crippen molar-refractivity contribution in [1.82, 2.24) is 0 Å². The molecule has 0 bridgehead atoms. The summed E-state index contributed by atoms with van der Waals surface area (Å²) in [6, 6.07) is 8.03. The van der Waals surface area contributed by atoms with Crippen LogP contribution in [0.25, 0.3) is 0 Å². The van der Waals surface area contributed by atoms with Gasteiger partial charge in [-0.05, 0) is 72.1 Å². The Morgan fingerprint density at radius 3 is 1.20 bits per heavy atom. The quantitative estimate of drug-likeness (QED) is 0.0969. The summed E-state index contributed by atoms with van der Waals surface area (Å²) in [5, 5.41) is 31.7. The third-order valence-corrected chi connectivity index (χ3v) is 10.2. The molecule has 0 unspecified atom stereocenters. The lowest BCUT2D eigenvalue weighted by atomic mass is 9.79. The van der Waals surface area contributed by atoms with Crippen molar-refractivity contribution in [3.05, 3.63) is 46.5 Å². The summed E-state index contributed by atoms with van der Waals surface area (Å²) in [6.45, 7) is 27.4. The molecule has 2 rings (SSSR count). The highest BCUT2D eigenvalue weighted by molar-refractivity contribution is 8.19. The Balaban J connectivity index is 2.69. The molecule has 0 aliphatic rings. The smallest absolute Gasteiger partial charge is 0.332 e. The third-order valence-electron chi connectivity index (χ3n) is 7.68. The van der Waals surface area contributed by atoms with Gasteiger partial charge in [0.25, 0.3) is 0 Å². The number of ether oxygens (including phenoxy) is 1. The minimum Gasteiger partial charge on any atom is -0.507 e. The zero-order valence-electron chi connectivity index (χ0n) is 29.5. The van der Waals surface area contributed by atoms with Crippen LogP contribution in [0.15, 0.2) is 34.1 Å². The summed E-state index contributed by atoms with van der Waals surface area (Å²) in [5.74, 6) is 0.287. The number of aromatic hydroxyl groups is 2. The third kappa shape index (κ3) is 10.1. The van der Waals surface area contributed by atoms with Crippen LogP contribution in [-0.4, -0.2) is 38.6 Å². The molecule has 0 aromatic heterocycles. The maximum Gasteiger partial charge on any atom is 0.332 e. The van der Waals surface area contributed by atoms with Crippen LogP contribution < -0.4 is 0 Å². The van der Waals surface area contributed by atoms with Gasteiger partial charge >= 0.3 is 5.97 Å². The van der Waals surface area contributed by atoms with E-state index in [1.54, 1.807) is 0 Å². The first-order valence-corrected chi connectivity index (χ1v) is 17.5. The number of thioether (sulfide) groups is 2. The van der Waals surface area contributed by atoms with Gasteiger partial charge in [-0.15, -0.1) is 0 Å². The van der Waals surface area contributed by atoms with E-state index in [0.29, 0.717) is 18.1 Å². The van der Waals surface area contributed by atoms with Gasteiger partial charge in [0.1, 0.15) is 11.5 Å². The lowest BCUT2D eigenvalue weighted by Gasteiger charge is -2.32. The molecule has 0 aliphatic heterocycles. The Kier molecular flexibility index (Phi) is 12.5. The highest BCUT2D eigenvalue weighted by Gasteiger charge is 2.40. The van der Waals surface area contributed by atoms with Gasteiger partial charge in [0, 0.05) is 38.7 Å². The van der Waals surface area contributed by atoms with E-state index in [-0.39, 0.29) is 34.2 Å². The second-order valence-electron chi connectivity index (χ2n) is 16.2. The summed E-state index contributed by atoms with van der Waals surface area (Å²) in [4.78, 5) is 15.8. The number of carbonyl (C=O) groups is 1. The van der Waals surface area contributed by atoms with Crippen LogP contribution >= 0.6 is 23.5 Å². The molecule has 0 atom stereocenters. The minimum absolute atomic E-state index is 0.171. The highest BCUT2D eigenvalue weighted by atomic mass is 32.2. The number of hydrogen-bond donors (Lipinski definition) is 3. The van der Waals surface area contributed by atoms with Crippen molar-refractivity contribution in [3.8, 4) is 11.5 Å². The van der Waals surface area contributed by atoms with Crippen molar-refractivity contribution in [1.29, 1.82) is 0 Å². The fraction of sp³-hybridized carbons (Fsp3) is 0.649. The van der Waals surface area contributed by atoms with E-state index in [1.165, 1.54) is 23.5 Å². The molecular formula is C37H58O5S2. The number of carbonyl (C=O) groups excluding carboxylic acids is 1. The van der Waals surface area contributed by atoms with Gasteiger partial charge in [-0.1, -0.05) is 113 Å². The van der Waals surface area contributed by atoms with E-state index in [2.05, 4.69) is 83.1 Å². The molecule has 0 heterocycles. The van der Waals surface area contributed by atoms with Crippen LogP contribution in [0.3, 0.4) is 0 Å². The Bertz CT molecular complexity index is 1130. The van der Waals surface area contributed by atoms with Crippen molar-refractivity contribution in [2.45, 2.75) is 151 Å². The molecule has 0 aliphatic carbocycles. The van der Waals surface area contributed by atoms with E-state index in [9.17, 15) is 15.0 Å². The Morgan fingerprint density at radius 1 is 0.591 bits per heavy atom. The first kappa shape index (κ1) is 38.4. The molecule has 0 saturated heterocycles. The summed E-state index contributed by atoms with van der Waals surface area (Å²) >= 11 is 2.90. The zero-order valence-corrected chi connectivity index (χ0v) is 31.2. The summed E-state index contributed by atoms with van der Waals surface area (Å²) in [6.07, 6.45) is 3.26. The summed E-state index contributed by atoms with van der Waals surface area (Å²) in [5.41, 5.74) is 2.13. The topological polar surface area (TPSA) is 87.0 Å². The molecular weight excluding hydrogens is 589 g/mol. The van der Waals surface area contributed by atoms with E-state index in [1.807, 2.05) is 31.2 Å². The molecule has 0 fully saturated rings. The highest BCUT2D eigenvalue weighted by Crippen LogP contribution is 2.51. The minimum atomic E-state index is -1.06. The average Bonchev–Trinajstić information content (AvgIpc) is 2.85. The number of aliphatic hydroxyl groups excluding tert-OH is 1. The second-order valence-corrected chi connectivity index (χ2v) is 19.4. The fourth-order valence-corrected chi connectivity index (χ4v) is 7.67. The van der Waals surface area contributed by atoms with Gasteiger partial charge in [0.15, 0.2) is 4.08 Å². The molecule has 3 N–H and O–H groups in total. The maximum atomic E-state index is 14.0. The normalized spacial score (nSPS) is 13.3. The predicted octanol–water partition coefficient (Wildman–Crippen LogP) is 9.98. The van der Waals surface area contributed by atoms with Crippen molar-refractivity contribution in [3.63, 3.8) is 0 Å². The maximum absolute atomic E-state index is 14.0. The number of phenolic OH excluding ortho intramolecular Hbond substituents is 2. The Morgan fingerprint density at radius 2 is 0.909 bits per heavy atom. The number of hydrogen-bond acceptors (Lipinski definition) is 7. The molecule has 5 nitrogen and oxygen atoms in total. The molecule has 2 aromatic carbocycles. The fourth-order valence-electron chi connectivity index (χ4n) is 5.04. The molecule has 2 aromatic rings. The molecule has 0 saturated carbocycles. The molecule has 0 radical (unpaired) electrons. The molecule has 0 spiro atoms. The van der Waals surface area contributed by atoms with Gasteiger partial charge < -0.3 is 20.1 Å². The van der Waals surface area contributed by atoms with Gasteiger partial charge in [-0.3, -0.25) is 0 Å². The zero-order chi connectivity index (χ0) is 33.9. The Labute approximate surface area is 276 Å². The average molecular weight is 647 g/mol. The van der Waals surface area contributed by atoms with E-state index >= 15 is 0 Å². The first-order valence-electron chi connectivity index (χ1n) is 15.8. The number of aliphatic hydroxyl groups is 1. The van der Waals surface area contributed by atoms with Crippen LogP contribution in [0, 0.1) is 0 Å². The van der Waals surface area contributed by atoms with E-state index in [0.717, 1.165) is 57.7 Å². The second kappa shape index (κ2) is 14.3. The number of rotatable bonds is 11. The van der Waals surface area contributed by atoms with Crippen molar-refractivity contribution < 1.29 is 24.9 Å². The monoisotopic (exact) mass is 646 g/mol. The van der Waals surface area contributed by atoms with Gasteiger partial charge in [0.2, 0.25) is 0 Å². The van der Waals surface area contributed by atoms with E-state index in [4.69, 9.17) is 9.84 Å². The standard InChI is InChI=1S/C37H58O5S2/c1-33(2,3)26-20-24(21-27(30(26)39)34(4,5)6)43-37(13,32(41)42-19-17-15-14-16-18-38)44-25-22-28(35(7,8)9)31(40)29(23-25)36(10,11)12/h20-23,38-40H,14-19H2,1-13H3. The van der Waals surface area contributed by atoms with Crippen LogP contribution in [0.1, 0.15) is 138 Å². The van der Waals surface area contributed by atoms with Crippen LogP contribution in [-0.2, 0) is 31.2 Å². The van der Waals surface area contributed by atoms with Crippen molar-refractivity contribution in [2.75, 3.05) is 13.2 Å². The summed E-state index contributed by atoms with van der Waals surface area (Å²) < 4.78 is 4.87. The SMILES string of the molecule is CC(Sc1cc(C(C)(C)C)c(O)c(C(C)(C)C)c1)(Sc1cc(C(C)(C)C)c(O)c(C(C)(C)C)c1)C(=O)OCCCCCCO. The largest absolute Gasteiger partial charge is 0.507 e. The molecule has 0 amide bonds. The van der Waals surface area contributed by atoms with Crippen LogP contribution in [0.4, 0.5) is 0 Å². The summed E-state index contributed by atoms with van der Waals surface area (Å²) in [7, 11) is 0. The first-order chi connectivity index (χ1) is 19.9. The lowest BCUT2D eigenvalue weighted by molar-refractivity contribution is -0.143. The van der Waals surface area contributed by atoms with Crippen molar-refractivity contribution in [2.24, 2.45) is 0 Å². The molecule has 7 heteroatoms. The number of esters is 1. The molecule has 248 valence electrons. The lowest BCUT2D eigenvalue weighted by Crippen LogP contribution is -2.31. The van der Waals surface area contributed by atoms with Gasteiger partial charge in [-0.2, -0.15) is 0 Å². The van der Waals surface area contributed by atoms with Crippen LogP contribution in [0.5, 0.6) is 11.5 Å². The predicted molar refractivity (Wildman–Crippen MR) is 188 cm³/mol. The number of benzene rings is 2.